The number of rotatable bonds is 0. The fraction of sp³-hybridized carbons (Fsp3) is 0. The van der Waals surface area contributed by atoms with Crippen LogP contribution in [0.5, 0.6) is 0 Å². The van der Waals surface area contributed by atoms with Gasteiger partial charge in [-0.1, -0.05) is 23.2 Å². The highest BCUT2D eigenvalue weighted by Crippen LogP contribution is 2.13. The molecule has 0 unspecified atom stereocenters. The van der Waals surface area contributed by atoms with Gasteiger partial charge in [0, 0.05) is 24.3 Å². The summed E-state index contributed by atoms with van der Waals surface area (Å²) in [6.45, 7) is 0. The minimum absolute atomic E-state index is 0. The maximum atomic E-state index is 12.0. The lowest BCUT2D eigenvalue weighted by molar-refractivity contribution is -0.586. The molecule has 0 N–H and O–H groups in total. The number of Topliss-reactive ketones (excluding diaryl/α,β-unsaturated/α-hetero) is 2. The molecule has 122 valence electrons. The average Bonchev–Trinajstić information content (AvgIpc) is 2.57. The Morgan fingerprint density at radius 3 is 1.42 bits per heavy atom. The molecule has 0 saturated heterocycles. The van der Waals surface area contributed by atoms with Crippen LogP contribution in [0.25, 0.3) is 21.1 Å². The van der Waals surface area contributed by atoms with E-state index in [1.807, 2.05) is 36.4 Å². The van der Waals surface area contributed by atoms with Crippen LogP contribution in [0.4, 0.5) is 0 Å². The van der Waals surface area contributed by atoms with Crippen LogP contribution in [0.3, 0.4) is 0 Å². The Bertz CT molecular complexity index is 1050. The van der Waals surface area contributed by atoms with Crippen molar-refractivity contribution in [2.45, 2.75) is 0 Å². The molecule has 4 nitrogen and oxygen atoms in total. The third-order valence-electron chi connectivity index (χ3n) is 3.71. The Morgan fingerprint density at radius 1 is 0.667 bits per heavy atom. The van der Waals surface area contributed by atoms with E-state index in [1.54, 1.807) is 21.2 Å². The van der Waals surface area contributed by atoms with E-state index >= 15 is 0 Å². The van der Waals surface area contributed by atoms with Gasteiger partial charge in [-0.25, -0.2) is 0 Å². The molecule has 0 amide bonds. The van der Waals surface area contributed by atoms with Gasteiger partial charge in [0.15, 0.2) is 22.5 Å². The first-order chi connectivity index (χ1) is 10.6. The first kappa shape index (κ1) is 18.6. The van der Waals surface area contributed by atoms with Crippen molar-refractivity contribution in [1.29, 1.82) is 0 Å². The van der Waals surface area contributed by atoms with Crippen LogP contribution < -0.4 is 44.3 Å². The maximum absolute atomic E-state index is 12.0. The average molecular weight is 402 g/mol. The molecule has 3 heterocycles. The standard InChI is InChI=1S/C16H8Cl2N2O2.2ClH/c17-11-13-14(12(18)16(22)15(11)21)20-8-4-2-6-10(20)9-5-1-3-7-19(9)13;;/h1-8H;2*1H/q+2;;/p-2. The predicted molar refractivity (Wildman–Crippen MR) is 80.5 cm³/mol. The van der Waals surface area contributed by atoms with Gasteiger partial charge in [0.25, 0.3) is 22.6 Å². The van der Waals surface area contributed by atoms with E-state index in [2.05, 4.69) is 0 Å². The molecular formula is C16H8Cl4N2O2. The number of pyridine rings is 2. The van der Waals surface area contributed by atoms with Gasteiger partial charge in [0.1, 0.15) is 0 Å². The number of hydrogen-bond donors (Lipinski definition) is 0. The van der Waals surface area contributed by atoms with Crippen molar-refractivity contribution in [3.8, 4) is 0 Å². The van der Waals surface area contributed by atoms with E-state index in [-0.39, 0.29) is 34.9 Å². The van der Waals surface area contributed by atoms with Gasteiger partial charge in [0.05, 0.1) is 0 Å². The molecule has 0 aliphatic heterocycles. The fourth-order valence-electron chi connectivity index (χ4n) is 2.76. The van der Waals surface area contributed by atoms with Crippen molar-refractivity contribution in [2.75, 3.05) is 0 Å². The highest BCUT2D eigenvalue weighted by molar-refractivity contribution is 6.84. The number of halogens is 4. The molecule has 4 rings (SSSR count). The highest BCUT2D eigenvalue weighted by Gasteiger charge is 2.36. The molecule has 1 aliphatic rings. The fourth-order valence-corrected chi connectivity index (χ4v) is 3.29. The second-order valence-corrected chi connectivity index (χ2v) is 5.65. The molecule has 8 heteroatoms. The van der Waals surface area contributed by atoms with Crippen LogP contribution in [-0.2, 0) is 9.59 Å². The number of carbonyl (C=O) groups is 2. The zero-order chi connectivity index (χ0) is 15.4. The van der Waals surface area contributed by atoms with Crippen molar-refractivity contribution in [2.24, 2.45) is 0 Å². The zero-order valence-corrected chi connectivity index (χ0v) is 14.9. The van der Waals surface area contributed by atoms with E-state index in [0.717, 1.165) is 11.0 Å². The number of ketones is 2. The Balaban J connectivity index is 0.00000104. The number of fused-ring (bicyclic) bond motifs is 6. The molecule has 1 aliphatic carbocycles. The molecular weight excluding hydrogens is 394 g/mol. The summed E-state index contributed by atoms with van der Waals surface area (Å²) >= 11 is 12.4. The van der Waals surface area contributed by atoms with E-state index in [0.29, 0.717) is 10.7 Å². The zero-order valence-electron chi connectivity index (χ0n) is 11.8. The van der Waals surface area contributed by atoms with Gasteiger partial charge in [-0.3, -0.25) is 9.59 Å². The summed E-state index contributed by atoms with van der Waals surface area (Å²) in [6.07, 6.45) is 3.58. The van der Waals surface area contributed by atoms with E-state index < -0.39 is 11.6 Å². The second kappa shape index (κ2) is 6.65. The smallest absolute Gasteiger partial charge is 0.308 e. The first-order valence-electron chi connectivity index (χ1n) is 6.52. The van der Waals surface area contributed by atoms with Crippen molar-refractivity contribution in [3.63, 3.8) is 0 Å². The van der Waals surface area contributed by atoms with Crippen molar-refractivity contribution < 1.29 is 43.2 Å². The third-order valence-corrected chi connectivity index (χ3v) is 4.41. The SMILES string of the molecule is O=C1C(=O)C(Cl)=c2c([n+]3ccccc3c3cccc[n+]23)=C1Cl.[Cl-].[Cl-]. The molecule has 24 heavy (non-hydrogen) atoms. The van der Waals surface area contributed by atoms with Gasteiger partial charge in [0.2, 0.25) is 0 Å². The van der Waals surface area contributed by atoms with Gasteiger partial charge in [-0.15, -0.1) is 8.80 Å². The summed E-state index contributed by atoms with van der Waals surface area (Å²) in [7, 11) is 0. The van der Waals surface area contributed by atoms with Gasteiger partial charge in [-0.05, 0) is 12.1 Å². The van der Waals surface area contributed by atoms with Crippen LogP contribution >= 0.6 is 23.2 Å². The van der Waals surface area contributed by atoms with Crippen LogP contribution in [0, 0.1) is 0 Å². The van der Waals surface area contributed by atoms with E-state index in [4.69, 9.17) is 23.2 Å². The minimum Gasteiger partial charge on any atom is -1.00 e. The Labute approximate surface area is 158 Å². The lowest BCUT2D eigenvalue weighted by Gasteiger charge is -2.03. The van der Waals surface area contributed by atoms with Gasteiger partial charge in [-0.2, -0.15) is 0 Å². The molecule has 0 saturated carbocycles. The molecule has 3 aromatic rings. The van der Waals surface area contributed by atoms with E-state index in [9.17, 15) is 9.59 Å². The summed E-state index contributed by atoms with van der Waals surface area (Å²) in [5.41, 5.74) is 1.71. The van der Waals surface area contributed by atoms with Crippen molar-refractivity contribution >= 4 is 55.9 Å². The summed E-state index contributed by atoms with van der Waals surface area (Å²) in [5.74, 6) is -1.57. The minimum atomic E-state index is -0.785. The molecule has 0 atom stereocenters. The lowest BCUT2D eigenvalue weighted by atomic mass is 10.1. The molecule has 0 spiro atoms. The number of aromatic nitrogens is 2. The summed E-state index contributed by atoms with van der Waals surface area (Å²) in [5, 5.41) is 0.610. The Kier molecular flexibility index (Phi) is 5.16. The Hall–Kier alpha value is -1.72. The lowest BCUT2D eigenvalue weighted by Crippen LogP contribution is -3.00. The molecule has 0 aromatic carbocycles. The number of nitrogens with zero attached hydrogens (tertiary/aromatic N) is 2. The first-order valence-corrected chi connectivity index (χ1v) is 7.28. The number of hydrogen-bond acceptors (Lipinski definition) is 2. The monoisotopic (exact) mass is 400 g/mol. The Morgan fingerprint density at radius 2 is 1.04 bits per heavy atom. The van der Waals surface area contributed by atoms with Crippen LogP contribution in [0.2, 0.25) is 0 Å². The molecule has 0 fully saturated rings. The van der Waals surface area contributed by atoms with Gasteiger partial charge < -0.3 is 24.8 Å². The molecule has 3 aromatic heterocycles. The third kappa shape index (κ3) is 2.38. The van der Waals surface area contributed by atoms with Crippen molar-refractivity contribution in [1.82, 2.24) is 0 Å². The highest BCUT2D eigenvalue weighted by atomic mass is 35.5. The quantitative estimate of drug-likeness (QED) is 0.214. The molecule has 0 bridgehead atoms. The van der Waals surface area contributed by atoms with Gasteiger partial charge >= 0.3 is 10.7 Å². The normalized spacial score (nSPS) is 13.6. The van der Waals surface area contributed by atoms with Crippen LogP contribution in [-0.4, -0.2) is 11.6 Å². The van der Waals surface area contributed by atoms with Crippen LogP contribution in [0.15, 0.2) is 48.8 Å². The molecule has 0 radical (unpaired) electrons. The van der Waals surface area contributed by atoms with Crippen molar-refractivity contribution in [3.05, 3.63) is 59.5 Å². The summed E-state index contributed by atoms with van der Waals surface area (Å²) < 4.78 is 3.56. The maximum Gasteiger partial charge on any atom is 0.308 e. The summed E-state index contributed by atoms with van der Waals surface area (Å²) in [4.78, 5) is 24.1. The second-order valence-electron chi connectivity index (χ2n) is 4.90. The number of carbonyl (C=O) groups excluding carboxylic acids is 2. The van der Waals surface area contributed by atoms with Crippen LogP contribution in [0.1, 0.15) is 0 Å². The summed E-state index contributed by atoms with van der Waals surface area (Å²) in [6, 6.07) is 11.3. The topological polar surface area (TPSA) is 42.3 Å². The largest absolute Gasteiger partial charge is 1.00 e. The predicted octanol–water partition coefficient (Wildman–Crippen LogP) is -5.98. The van der Waals surface area contributed by atoms with E-state index in [1.165, 1.54) is 0 Å².